The molecule has 0 bridgehead atoms. The number of benzene rings is 1. The standard InChI is InChI=1S/C22H26N4O4S/c1-14(2)18-8-10-19(11-9-18)26(31(28,29)21-16(4)25-30-17(21)5)13-20(27)24-22-15(3)7-6-12-23-22/h6-12,14H,13H2,1-5H3,(H,23,24,27). The summed E-state index contributed by atoms with van der Waals surface area (Å²) in [6.07, 6.45) is 1.56. The first-order valence-electron chi connectivity index (χ1n) is 9.88. The van der Waals surface area contributed by atoms with Crippen molar-refractivity contribution in [2.75, 3.05) is 16.2 Å². The van der Waals surface area contributed by atoms with Gasteiger partial charge in [0.2, 0.25) is 5.91 Å². The zero-order valence-electron chi connectivity index (χ0n) is 18.2. The third-order valence-electron chi connectivity index (χ3n) is 4.92. The van der Waals surface area contributed by atoms with Gasteiger partial charge in [0.15, 0.2) is 10.7 Å². The number of sulfonamides is 1. The summed E-state index contributed by atoms with van der Waals surface area (Å²) in [5.41, 5.74) is 2.45. The maximum absolute atomic E-state index is 13.5. The van der Waals surface area contributed by atoms with E-state index in [1.165, 1.54) is 6.92 Å². The molecule has 0 spiro atoms. The highest BCUT2D eigenvalue weighted by Crippen LogP contribution is 2.29. The van der Waals surface area contributed by atoms with Gasteiger partial charge in [0.05, 0.1) is 5.69 Å². The van der Waals surface area contributed by atoms with E-state index in [0.717, 1.165) is 15.4 Å². The number of anilines is 2. The quantitative estimate of drug-likeness (QED) is 0.594. The lowest BCUT2D eigenvalue weighted by molar-refractivity contribution is -0.114. The zero-order valence-corrected chi connectivity index (χ0v) is 19.0. The van der Waals surface area contributed by atoms with Crippen LogP contribution in [-0.4, -0.2) is 31.0 Å². The normalized spacial score (nSPS) is 11.5. The van der Waals surface area contributed by atoms with Crippen molar-refractivity contribution in [3.8, 4) is 0 Å². The second-order valence-corrected chi connectivity index (χ2v) is 9.43. The molecule has 0 radical (unpaired) electrons. The van der Waals surface area contributed by atoms with Crippen LogP contribution >= 0.6 is 0 Å². The number of carbonyl (C=O) groups excluding carboxylic acids is 1. The molecule has 31 heavy (non-hydrogen) atoms. The van der Waals surface area contributed by atoms with Gasteiger partial charge in [-0.05, 0) is 56.0 Å². The van der Waals surface area contributed by atoms with Crippen molar-refractivity contribution in [3.05, 3.63) is 65.2 Å². The van der Waals surface area contributed by atoms with Crippen molar-refractivity contribution >= 4 is 27.4 Å². The van der Waals surface area contributed by atoms with Crippen LogP contribution in [0.15, 0.2) is 52.0 Å². The second-order valence-electron chi connectivity index (χ2n) is 7.63. The molecule has 9 heteroatoms. The topological polar surface area (TPSA) is 105 Å². The molecule has 8 nitrogen and oxygen atoms in total. The van der Waals surface area contributed by atoms with Crippen molar-refractivity contribution in [2.24, 2.45) is 0 Å². The van der Waals surface area contributed by atoms with Gasteiger partial charge in [0, 0.05) is 6.20 Å². The Kier molecular flexibility index (Phi) is 6.45. The fraction of sp³-hybridized carbons (Fsp3) is 0.318. The molecular formula is C22H26N4O4S. The van der Waals surface area contributed by atoms with Gasteiger partial charge in [-0.3, -0.25) is 9.10 Å². The molecule has 0 fully saturated rings. The third kappa shape index (κ3) is 4.77. The van der Waals surface area contributed by atoms with E-state index in [1.54, 1.807) is 31.3 Å². The number of nitrogens with zero attached hydrogens (tertiary/aromatic N) is 3. The van der Waals surface area contributed by atoms with Gasteiger partial charge in [0.25, 0.3) is 10.0 Å². The fourth-order valence-electron chi connectivity index (χ4n) is 3.21. The summed E-state index contributed by atoms with van der Waals surface area (Å²) in [4.78, 5) is 16.9. The van der Waals surface area contributed by atoms with Crippen molar-refractivity contribution in [2.45, 2.75) is 45.4 Å². The number of rotatable bonds is 7. The smallest absolute Gasteiger partial charge is 0.270 e. The van der Waals surface area contributed by atoms with Crippen molar-refractivity contribution in [1.29, 1.82) is 0 Å². The maximum atomic E-state index is 13.5. The van der Waals surface area contributed by atoms with E-state index in [2.05, 4.69) is 29.3 Å². The first kappa shape index (κ1) is 22.5. The average Bonchev–Trinajstić information content (AvgIpc) is 3.06. The predicted octanol–water partition coefficient (Wildman–Crippen LogP) is 3.95. The van der Waals surface area contributed by atoms with Crippen LogP contribution < -0.4 is 9.62 Å². The number of hydrogen-bond acceptors (Lipinski definition) is 6. The highest BCUT2D eigenvalue weighted by atomic mass is 32.2. The summed E-state index contributed by atoms with van der Waals surface area (Å²) < 4.78 is 33.2. The van der Waals surface area contributed by atoms with Gasteiger partial charge in [-0.2, -0.15) is 0 Å². The highest BCUT2D eigenvalue weighted by molar-refractivity contribution is 7.93. The predicted molar refractivity (Wildman–Crippen MR) is 119 cm³/mol. The van der Waals surface area contributed by atoms with Crippen LogP contribution in [-0.2, 0) is 14.8 Å². The summed E-state index contributed by atoms with van der Waals surface area (Å²) in [6.45, 7) is 8.58. The summed E-state index contributed by atoms with van der Waals surface area (Å²) in [7, 11) is -4.11. The number of pyridine rings is 1. The number of carbonyl (C=O) groups is 1. The molecule has 0 aliphatic carbocycles. The molecule has 0 saturated heterocycles. The van der Waals surface area contributed by atoms with Crippen LogP contribution in [0.1, 0.15) is 42.3 Å². The third-order valence-corrected chi connectivity index (χ3v) is 6.94. The average molecular weight is 443 g/mol. The van der Waals surface area contributed by atoms with Crippen LogP contribution in [0.25, 0.3) is 0 Å². The van der Waals surface area contributed by atoms with Crippen molar-refractivity contribution in [3.63, 3.8) is 0 Å². The first-order valence-corrected chi connectivity index (χ1v) is 11.3. The molecule has 2 aromatic heterocycles. The zero-order chi connectivity index (χ0) is 22.8. The Morgan fingerprint density at radius 3 is 2.35 bits per heavy atom. The van der Waals surface area contributed by atoms with Gasteiger partial charge >= 0.3 is 0 Å². The fourth-order valence-corrected chi connectivity index (χ4v) is 4.93. The van der Waals surface area contributed by atoms with Gasteiger partial charge in [0.1, 0.15) is 18.1 Å². The van der Waals surface area contributed by atoms with Crippen molar-refractivity contribution in [1.82, 2.24) is 10.1 Å². The molecule has 0 unspecified atom stereocenters. The summed E-state index contributed by atoms with van der Waals surface area (Å²) >= 11 is 0. The number of nitrogens with one attached hydrogen (secondary N) is 1. The molecule has 0 atom stereocenters. The van der Waals surface area contributed by atoms with E-state index in [9.17, 15) is 13.2 Å². The summed E-state index contributed by atoms with van der Waals surface area (Å²) in [5, 5.41) is 6.45. The molecule has 3 rings (SSSR count). The van der Waals surface area contributed by atoms with Gasteiger partial charge in [-0.15, -0.1) is 0 Å². The Morgan fingerprint density at radius 2 is 1.81 bits per heavy atom. The highest BCUT2D eigenvalue weighted by Gasteiger charge is 2.33. The van der Waals surface area contributed by atoms with E-state index in [-0.39, 0.29) is 22.3 Å². The van der Waals surface area contributed by atoms with Gasteiger partial charge in [-0.1, -0.05) is 37.2 Å². The number of hydrogen-bond donors (Lipinski definition) is 1. The SMILES string of the molecule is Cc1cccnc1NC(=O)CN(c1ccc(C(C)C)cc1)S(=O)(=O)c1c(C)noc1C. The Balaban J connectivity index is 2.00. The Hall–Kier alpha value is -3.20. The molecule has 3 aromatic rings. The van der Waals surface area contributed by atoms with Crippen LogP contribution in [0.5, 0.6) is 0 Å². The number of amides is 1. The minimum atomic E-state index is -4.11. The van der Waals surface area contributed by atoms with Gasteiger partial charge < -0.3 is 9.84 Å². The Morgan fingerprint density at radius 1 is 1.13 bits per heavy atom. The second kappa shape index (κ2) is 8.89. The van der Waals surface area contributed by atoms with Crippen LogP contribution in [0.3, 0.4) is 0 Å². The van der Waals surface area contributed by atoms with E-state index in [4.69, 9.17) is 4.52 Å². The van der Waals surface area contributed by atoms with Crippen LogP contribution in [0, 0.1) is 20.8 Å². The maximum Gasteiger partial charge on any atom is 0.270 e. The molecular weight excluding hydrogens is 416 g/mol. The van der Waals surface area contributed by atoms with Crippen LogP contribution in [0.4, 0.5) is 11.5 Å². The molecule has 1 aromatic carbocycles. The first-order chi connectivity index (χ1) is 14.6. The monoisotopic (exact) mass is 442 g/mol. The molecule has 2 heterocycles. The van der Waals surface area contributed by atoms with Crippen molar-refractivity contribution < 1.29 is 17.7 Å². The van der Waals surface area contributed by atoms with E-state index < -0.39 is 22.5 Å². The molecule has 0 saturated carbocycles. The Bertz CT molecular complexity index is 1160. The molecule has 1 N–H and O–H groups in total. The largest absolute Gasteiger partial charge is 0.360 e. The van der Waals surface area contributed by atoms with E-state index in [1.807, 2.05) is 25.1 Å². The molecule has 0 aliphatic rings. The number of aryl methyl sites for hydroxylation is 3. The lowest BCUT2D eigenvalue weighted by Gasteiger charge is -2.24. The summed E-state index contributed by atoms with van der Waals surface area (Å²) in [5.74, 6) is 0.335. The Labute approximate surface area is 182 Å². The minimum Gasteiger partial charge on any atom is -0.360 e. The lowest BCUT2D eigenvalue weighted by Crippen LogP contribution is -2.38. The van der Waals surface area contributed by atoms with E-state index in [0.29, 0.717) is 11.5 Å². The molecule has 1 amide bonds. The number of aromatic nitrogens is 2. The summed E-state index contributed by atoms with van der Waals surface area (Å²) in [6, 6.07) is 10.7. The van der Waals surface area contributed by atoms with Gasteiger partial charge in [-0.25, -0.2) is 13.4 Å². The molecule has 164 valence electrons. The lowest BCUT2D eigenvalue weighted by atomic mass is 10.0. The molecule has 0 aliphatic heterocycles. The van der Waals surface area contributed by atoms with E-state index >= 15 is 0 Å². The minimum absolute atomic E-state index is 0.0396. The van der Waals surface area contributed by atoms with Crippen LogP contribution in [0.2, 0.25) is 0 Å².